The van der Waals surface area contributed by atoms with Gasteiger partial charge in [-0.05, 0) is 26.2 Å². The normalized spacial score (nSPS) is 21.8. The molecule has 10 heteroatoms. The molecule has 0 radical (unpaired) electrons. The van der Waals surface area contributed by atoms with Crippen LogP contribution in [0.5, 0.6) is 0 Å². The minimum Gasteiger partial charge on any atom is -0.381 e. The van der Waals surface area contributed by atoms with E-state index in [-0.39, 0.29) is 11.9 Å². The second-order valence-corrected chi connectivity index (χ2v) is 10.2. The molecule has 2 saturated heterocycles. The average Bonchev–Trinajstić information content (AvgIpc) is 3.28. The fourth-order valence-corrected chi connectivity index (χ4v) is 5.22. The van der Waals surface area contributed by atoms with Gasteiger partial charge in [-0.2, -0.15) is 5.10 Å². The van der Waals surface area contributed by atoms with E-state index in [1.54, 1.807) is 20.1 Å². The maximum Gasteiger partial charge on any atom is 0.257 e. The quantitative estimate of drug-likeness (QED) is 0.623. The molecule has 2 aliphatic rings. The van der Waals surface area contributed by atoms with E-state index in [0.29, 0.717) is 37.8 Å². The summed E-state index contributed by atoms with van der Waals surface area (Å²) in [5.74, 6) is -0.0355. The lowest BCUT2D eigenvalue weighted by Gasteiger charge is -2.39. The highest BCUT2D eigenvalue weighted by molar-refractivity contribution is 7.88. The number of carbonyl (C=O) groups excluding carboxylic acids is 1. The number of hydrogen-bond acceptors (Lipinski definition) is 6. The largest absolute Gasteiger partial charge is 0.381 e. The highest BCUT2D eigenvalue weighted by atomic mass is 32.2. The van der Waals surface area contributed by atoms with Crippen molar-refractivity contribution in [2.75, 3.05) is 52.7 Å². The highest BCUT2D eigenvalue weighted by Crippen LogP contribution is 2.24. The van der Waals surface area contributed by atoms with Crippen LogP contribution in [0.4, 0.5) is 0 Å². The second-order valence-electron chi connectivity index (χ2n) is 8.17. The van der Waals surface area contributed by atoms with E-state index in [0.717, 1.165) is 38.2 Å². The molecule has 3 heterocycles. The number of carbonyl (C=O) groups is 1. The van der Waals surface area contributed by atoms with Crippen molar-refractivity contribution in [3.05, 3.63) is 17.5 Å². The molecule has 1 aromatic rings. The molecule has 1 aromatic heterocycles. The molecule has 0 aliphatic carbocycles. The molecule has 0 N–H and O–H groups in total. The first-order valence-corrected chi connectivity index (χ1v) is 12.1. The van der Waals surface area contributed by atoms with Gasteiger partial charge >= 0.3 is 0 Å². The third kappa shape index (κ3) is 5.36. The Morgan fingerprint density at radius 1 is 1.24 bits per heavy atom. The Kier molecular flexibility index (Phi) is 6.98. The van der Waals surface area contributed by atoms with Gasteiger partial charge in [0.2, 0.25) is 10.0 Å². The summed E-state index contributed by atoms with van der Waals surface area (Å²) in [5, 5.41) is 4.26. The zero-order valence-electron chi connectivity index (χ0n) is 17.9. The SMILES string of the molecule is Cc1nn(C)cc1C(=O)N(C)CCN(C1CCOCC1)C1CCN(S(C)(=O)=O)C1. The van der Waals surface area contributed by atoms with Crippen LogP contribution in [0.2, 0.25) is 0 Å². The first-order chi connectivity index (χ1) is 13.7. The molecule has 0 saturated carbocycles. The molecule has 1 amide bonds. The van der Waals surface area contributed by atoms with Crippen LogP contribution in [0.25, 0.3) is 0 Å². The summed E-state index contributed by atoms with van der Waals surface area (Å²) in [7, 11) is 0.449. The minimum atomic E-state index is -3.17. The number of rotatable bonds is 7. The Balaban J connectivity index is 1.67. The van der Waals surface area contributed by atoms with Crippen molar-refractivity contribution >= 4 is 15.9 Å². The molecule has 2 aliphatic heterocycles. The topological polar surface area (TPSA) is 88.0 Å². The van der Waals surface area contributed by atoms with Gasteiger partial charge < -0.3 is 9.64 Å². The number of ether oxygens (including phenoxy) is 1. The lowest BCUT2D eigenvalue weighted by Crippen LogP contribution is -2.50. The fraction of sp³-hybridized carbons (Fsp3) is 0.789. The fourth-order valence-electron chi connectivity index (χ4n) is 4.34. The lowest BCUT2D eigenvalue weighted by molar-refractivity contribution is 0.0157. The van der Waals surface area contributed by atoms with Gasteiger partial charge in [0.25, 0.3) is 5.91 Å². The van der Waals surface area contributed by atoms with Crippen molar-refractivity contribution in [1.29, 1.82) is 0 Å². The standard InChI is InChI=1S/C19H33N5O4S/c1-15-18(14-22(3)20-15)19(25)21(2)9-10-24(16-6-11-28-12-7-16)17-5-8-23(13-17)29(4,26)27/h14,16-17H,5-13H2,1-4H3. The third-order valence-corrected chi connectivity index (χ3v) is 7.28. The molecule has 9 nitrogen and oxygen atoms in total. The number of aryl methyl sites for hydroxylation is 2. The van der Waals surface area contributed by atoms with E-state index in [1.165, 1.54) is 6.26 Å². The van der Waals surface area contributed by atoms with E-state index >= 15 is 0 Å². The van der Waals surface area contributed by atoms with E-state index < -0.39 is 10.0 Å². The van der Waals surface area contributed by atoms with Gasteiger partial charge in [0.05, 0.1) is 17.5 Å². The van der Waals surface area contributed by atoms with Gasteiger partial charge in [-0.15, -0.1) is 0 Å². The van der Waals surface area contributed by atoms with Crippen molar-refractivity contribution in [1.82, 2.24) is 23.9 Å². The molecule has 2 fully saturated rings. The van der Waals surface area contributed by atoms with Crippen LogP contribution in [0.3, 0.4) is 0 Å². The Hall–Kier alpha value is -1.49. The molecular weight excluding hydrogens is 394 g/mol. The number of likely N-dealkylation sites (N-methyl/N-ethyl adjacent to an activating group) is 1. The monoisotopic (exact) mass is 427 g/mol. The van der Waals surface area contributed by atoms with Crippen LogP contribution in [-0.2, 0) is 21.8 Å². The zero-order valence-corrected chi connectivity index (χ0v) is 18.7. The predicted octanol–water partition coefficient (Wildman–Crippen LogP) is 0.315. The molecule has 29 heavy (non-hydrogen) atoms. The highest BCUT2D eigenvalue weighted by Gasteiger charge is 2.36. The third-order valence-electron chi connectivity index (χ3n) is 6.01. The van der Waals surface area contributed by atoms with Gasteiger partial charge in [0, 0.05) is 71.8 Å². The van der Waals surface area contributed by atoms with Crippen molar-refractivity contribution in [2.24, 2.45) is 7.05 Å². The summed E-state index contributed by atoms with van der Waals surface area (Å²) < 4.78 is 32.6. The average molecular weight is 428 g/mol. The predicted molar refractivity (Wildman–Crippen MR) is 110 cm³/mol. The molecule has 1 unspecified atom stereocenters. The van der Waals surface area contributed by atoms with Gasteiger partial charge in [-0.25, -0.2) is 12.7 Å². The molecule has 1 atom stereocenters. The van der Waals surface area contributed by atoms with Crippen molar-refractivity contribution < 1.29 is 17.9 Å². The number of sulfonamides is 1. The van der Waals surface area contributed by atoms with Crippen LogP contribution in [-0.4, -0.2) is 103 Å². The Bertz CT molecular complexity index is 819. The summed E-state index contributed by atoms with van der Waals surface area (Å²) in [6, 6.07) is 0.536. The van der Waals surface area contributed by atoms with Crippen LogP contribution >= 0.6 is 0 Å². The molecule has 164 valence electrons. The number of amides is 1. The van der Waals surface area contributed by atoms with Crippen LogP contribution < -0.4 is 0 Å². The van der Waals surface area contributed by atoms with Gasteiger partial charge in [0.1, 0.15) is 0 Å². The van der Waals surface area contributed by atoms with Crippen LogP contribution in [0.1, 0.15) is 35.3 Å². The lowest BCUT2D eigenvalue weighted by atomic mass is 10.0. The maximum absolute atomic E-state index is 12.8. The minimum absolute atomic E-state index is 0.0355. The van der Waals surface area contributed by atoms with E-state index in [4.69, 9.17) is 4.74 Å². The summed E-state index contributed by atoms with van der Waals surface area (Å²) in [6.45, 7) is 5.69. The van der Waals surface area contributed by atoms with Crippen LogP contribution in [0, 0.1) is 6.92 Å². The second kappa shape index (κ2) is 9.11. The van der Waals surface area contributed by atoms with Crippen molar-refractivity contribution in [3.63, 3.8) is 0 Å². The first-order valence-electron chi connectivity index (χ1n) is 10.2. The maximum atomic E-state index is 12.8. The number of hydrogen-bond donors (Lipinski definition) is 0. The Morgan fingerprint density at radius 2 is 1.93 bits per heavy atom. The first kappa shape index (κ1) is 22.2. The molecular formula is C19H33N5O4S. The molecule has 3 rings (SSSR count). The molecule has 0 bridgehead atoms. The molecule has 0 spiro atoms. The zero-order chi connectivity index (χ0) is 21.2. The van der Waals surface area contributed by atoms with Crippen molar-refractivity contribution in [3.8, 4) is 0 Å². The number of aromatic nitrogens is 2. The number of nitrogens with zero attached hydrogens (tertiary/aromatic N) is 5. The van der Waals surface area contributed by atoms with Crippen molar-refractivity contribution in [2.45, 2.75) is 38.3 Å². The smallest absolute Gasteiger partial charge is 0.257 e. The van der Waals surface area contributed by atoms with Gasteiger partial charge in [-0.1, -0.05) is 0 Å². The summed E-state index contributed by atoms with van der Waals surface area (Å²) in [6.07, 6.45) is 5.73. The summed E-state index contributed by atoms with van der Waals surface area (Å²) in [4.78, 5) is 17.0. The Labute approximate surface area is 173 Å². The Morgan fingerprint density at radius 3 is 2.48 bits per heavy atom. The van der Waals surface area contributed by atoms with E-state index in [2.05, 4.69) is 10.00 Å². The van der Waals surface area contributed by atoms with Gasteiger partial charge in [0.15, 0.2) is 0 Å². The van der Waals surface area contributed by atoms with Gasteiger partial charge in [-0.3, -0.25) is 14.4 Å². The van der Waals surface area contributed by atoms with E-state index in [1.807, 2.05) is 21.0 Å². The summed E-state index contributed by atoms with van der Waals surface area (Å²) >= 11 is 0. The van der Waals surface area contributed by atoms with E-state index in [9.17, 15) is 13.2 Å². The summed E-state index contributed by atoms with van der Waals surface area (Å²) in [5.41, 5.74) is 1.35. The molecule has 0 aromatic carbocycles. The van der Waals surface area contributed by atoms with Crippen LogP contribution in [0.15, 0.2) is 6.20 Å².